The number of phenolic OH excluding ortho intramolecular Hbond substituents is 1. The Morgan fingerprint density at radius 1 is 0.962 bits per heavy atom. The van der Waals surface area contributed by atoms with Crippen molar-refractivity contribution in [3.05, 3.63) is 78.1 Å². The summed E-state index contributed by atoms with van der Waals surface area (Å²) in [7, 11) is -3.90. The van der Waals surface area contributed by atoms with E-state index in [1.54, 1.807) is 25.1 Å². The molecule has 1 unspecified atom stereocenters. The van der Waals surface area contributed by atoms with E-state index >= 15 is 0 Å². The fraction of sp³-hybridized carbons (Fsp3) is 0.100. The van der Waals surface area contributed by atoms with E-state index in [1.807, 2.05) is 12.1 Å². The number of aromatic hydroxyl groups is 1. The molecule has 132 valence electrons. The van der Waals surface area contributed by atoms with Crippen LogP contribution >= 0.6 is 0 Å². The lowest BCUT2D eigenvalue weighted by Crippen LogP contribution is -2.36. The fourth-order valence-corrected chi connectivity index (χ4v) is 5.08. The molecule has 0 aromatic heterocycles. The van der Waals surface area contributed by atoms with Crippen LogP contribution in [0.3, 0.4) is 0 Å². The van der Waals surface area contributed by atoms with Gasteiger partial charge in [-0.25, -0.2) is 12.8 Å². The Labute approximate surface area is 151 Å². The van der Waals surface area contributed by atoms with Gasteiger partial charge >= 0.3 is 0 Å². The molecule has 3 aromatic carbocycles. The largest absolute Gasteiger partial charge is 0.508 e. The molecular weight excluding hydrogens is 353 g/mol. The van der Waals surface area contributed by atoms with Gasteiger partial charge in [-0.2, -0.15) is 0 Å². The molecule has 0 aliphatic carbocycles. The lowest BCUT2D eigenvalue weighted by Gasteiger charge is -2.37. The Morgan fingerprint density at radius 3 is 2.38 bits per heavy atom. The second-order valence-corrected chi connectivity index (χ2v) is 8.03. The van der Waals surface area contributed by atoms with E-state index in [0.717, 1.165) is 11.1 Å². The highest BCUT2D eigenvalue weighted by molar-refractivity contribution is 7.92. The predicted octanol–water partition coefficient (Wildman–Crippen LogP) is 4.47. The van der Waals surface area contributed by atoms with Crippen molar-refractivity contribution in [2.75, 3.05) is 4.31 Å². The highest BCUT2D eigenvalue weighted by Gasteiger charge is 2.36. The number of fused-ring (bicyclic) bond motifs is 3. The molecule has 3 aromatic rings. The summed E-state index contributed by atoms with van der Waals surface area (Å²) in [6.45, 7) is 1.74. The van der Waals surface area contributed by atoms with E-state index in [1.165, 1.54) is 40.7 Å². The molecule has 1 atom stereocenters. The first-order chi connectivity index (χ1) is 12.4. The van der Waals surface area contributed by atoms with Gasteiger partial charge in [0.2, 0.25) is 0 Å². The number of halogens is 1. The van der Waals surface area contributed by atoms with Gasteiger partial charge in [-0.05, 0) is 60.5 Å². The quantitative estimate of drug-likeness (QED) is 0.725. The standard InChI is InChI=1S/C20H16FNO3S/c1-13-19-12-14(21)6-11-17(19)18-4-2-3-5-20(18)22(13)26(24,25)16-9-7-15(23)8-10-16/h2-13,23H,1H3. The van der Waals surface area contributed by atoms with E-state index < -0.39 is 21.9 Å². The predicted molar refractivity (Wildman–Crippen MR) is 98.0 cm³/mol. The number of hydrogen-bond acceptors (Lipinski definition) is 3. The number of benzene rings is 3. The van der Waals surface area contributed by atoms with Crippen LogP contribution < -0.4 is 4.31 Å². The van der Waals surface area contributed by atoms with Crippen LogP contribution in [-0.2, 0) is 10.0 Å². The lowest BCUT2D eigenvalue weighted by molar-refractivity contribution is 0.474. The number of sulfonamides is 1. The molecule has 1 heterocycles. The van der Waals surface area contributed by atoms with E-state index in [2.05, 4.69) is 0 Å². The van der Waals surface area contributed by atoms with Crippen LogP contribution in [0.4, 0.5) is 10.1 Å². The summed E-state index contributed by atoms with van der Waals surface area (Å²) < 4.78 is 41.8. The second kappa shape index (κ2) is 5.85. The molecule has 6 heteroatoms. The van der Waals surface area contributed by atoms with Crippen LogP contribution in [0.2, 0.25) is 0 Å². The maximum Gasteiger partial charge on any atom is 0.264 e. The number of hydrogen-bond donors (Lipinski definition) is 1. The van der Waals surface area contributed by atoms with Crippen LogP contribution in [0.25, 0.3) is 11.1 Å². The topological polar surface area (TPSA) is 57.6 Å². The first-order valence-electron chi connectivity index (χ1n) is 8.12. The summed E-state index contributed by atoms with van der Waals surface area (Å²) in [6, 6.07) is 16.4. The second-order valence-electron chi connectivity index (χ2n) is 6.22. The van der Waals surface area contributed by atoms with Crippen molar-refractivity contribution in [1.82, 2.24) is 0 Å². The molecule has 1 aliphatic heterocycles. The van der Waals surface area contributed by atoms with E-state index in [9.17, 15) is 17.9 Å². The highest BCUT2D eigenvalue weighted by atomic mass is 32.2. The van der Waals surface area contributed by atoms with Crippen LogP contribution in [-0.4, -0.2) is 13.5 Å². The molecule has 26 heavy (non-hydrogen) atoms. The van der Waals surface area contributed by atoms with Gasteiger partial charge in [-0.15, -0.1) is 0 Å². The van der Waals surface area contributed by atoms with Crippen molar-refractivity contribution in [1.29, 1.82) is 0 Å². The minimum absolute atomic E-state index is 0.0107. The van der Waals surface area contributed by atoms with Crippen molar-refractivity contribution in [3.8, 4) is 16.9 Å². The Morgan fingerprint density at radius 2 is 1.65 bits per heavy atom. The minimum atomic E-state index is -3.90. The Balaban J connectivity index is 1.96. The van der Waals surface area contributed by atoms with E-state index in [-0.39, 0.29) is 10.6 Å². The van der Waals surface area contributed by atoms with Crippen molar-refractivity contribution in [2.24, 2.45) is 0 Å². The molecule has 0 saturated heterocycles. The van der Waals surface area contributed by atoms with Crippen molar-refractivity contribution in [2.45, 2.75) is 17.9 Å². The van der Waals surface area contributed by atoms with E-state index in [0.29, 0.717) is 11.3 Å². The fourth-order valence-electron chi connectivity index (χ4n) is 3.42. The number of rotatable bonds is 2. The first kappa shape index (κ1) is 16.6. The summed E-state index contributed by atoms with van der Waals surface area (Å²) >= 11 is 0. The van der Waals surface area contributed by atoms with Crippen molar-refractivity contribution >= 4 is 15.7 Å². The smallest absolute Gasteiger partial charge is 0.264 e. The normalized spacial score (nSPS) is 16.1. The van der Waals surface area contributed by atoms with Gasteiger partial charge in [0.1, 0.15) is 11.6 Å². The molecule has 0 spiro atoms. The zero-order chi connectivity index (χ0) is 18.5. The van der Waals surface area contributed by atoms with Gasteiger partial charge in [0, 0.05) is 5.56 Å². The Bertz CT molecular complexity index is 1090. The van der Waals surface area contributed by atoms with Gasteiger partial charge in [0.05, 0.1) is 16.6 Å². The van der Waals surface area contributed by atoms with Gasteiger partial charge in [-0.1, -0.05) is 24.3 Å². The van der Waals surface area contributed by atoms with Gasteiger partial charge in [0.25, 0.3) is 10.0 Å². The Hall–Kier alpha value is -2.86. The summed E-state index contributed by atoms with van der Waals surface area (Å²) in [5.74, 6) is -0.416. The molecule has 4 nitrogen and oxygen atoms in total. The third-order valence-corrected chi connectivity index (χ3v) is 6.54. The first-order valence-corrected chi connectivity index (χ1v) is 9.56. The molecule has 0 fully saturated rings. The zero-order valence-electron chi connectivity index (χ0n) is 13.9. The van der Waals surface area contributed by atoms with Crippen LogP contribution in [0, 0.1) is 5.82 Å². The number of para-hydroxylation sites is 1. The SMILES string of the molecule is CC1c2cc(F)ccc2-c2ccccc2N1S(=O)(=O)c1ccc(O)cc1. The highest BCUT2D eigenvalue weighted by Crippen LogP contribution is 2.47. The number of anilines is 1. The third kappa shape index (κ3) is 2.45. The minimum Gasteiger partial charge on any atom is -0.508 e. The molecule has 0 bridgehead atoms. The summed E-state index contributed by atoms with van der Waals surface area (Å²) in [4.78, 5) is 0.0665. The molecular formula is C20H16FNO3S. The van der Waals surface area contributed by atoms with E-state index in [4.69, 9.17) is 0 Å². The maximum absolute atomic E-state index is 13.8. The third-order valence-electron chi connectivity index (χ3n) is 4.64. The molecule has 0 amide bonds. The van der Waals surface area contributed by atoms with Crippen molar-refractivity contribution in [3.63, 3.8) is 0 Å². The van der Waals surface area contributed by atoms with Crippen LogP contribution in [0.5, 0.6) is 5.75 Å². The van der Waals surface area contributed by atoms with Crippen molar-refractivity contribution < 1.29 is 17.9 Å². The summed E-state index contributed by atoms with van der Waals surface area (Å²) in [6.07, 6.45) is 0. The van der Waals surface area contributed by atoms with Gasteiger partial charge < -0.3 is 5.11 Å². The number of nitrogens with zero attached hydrogens (tertiary/aromatic N) is 1. The average Bonchev–Trinajstić information content (AvgIpc) is 2.62. The molecule has 1 aliphatic rings. The zero-order valence-corrected chi connectivity index (χ0v) is 14.7. The average molecular weight is 369 g/mol. The van der Waals surface area contributed by atoms with Gasteiger partial charge in [-0.3, -0.25) is 4.31 Å². The molecule has 0 saturated carbocycles. The summed E-state index contributed by atoms with van der Waals surface area (Å²) in [5.41, 5.74) is 2.73. The molecule has 0 radical (unpaired) electrons. The van der Waals surface area contributed by atoms with Crippen LogP contribution in [0.1, 0.15) is 18.5 Å². The molecule has 4 rings (SSSR count). The Kier molecular flexibility index (Phi) is 3.73. The number of phenols is 1. The lowest BCUT2D eigenvalue weighted by atomic mass is 9.90. The monoisotopic (exact) mass is 369 g/mol. The van der Waals surface area contributed by atoms with Gasteiger partial charge in [0.15, 0.2) is 0 Å². The summed E-state index contributed by atoms with van der Waals surface area (Å²) in [5, 5.41) is 9.45. The molecule has 1 N–H and O–H groups in total. The maximum atomic E-state index is 13.8. The van der Waals surface area contributed by atoms with Crippen LogP contribution in [0.15, 0.2) is 71.6 Å².